The molecule has 3 heterocycles. The summed E-state index contributed by atoms with van der Waals surface area (Å²) in [5, 5.41) is 18.1. The lowest BCUT2D eigenvalue weighted by Crippen LogP contribution is -2.07. The minimum absolute atomic E-state index is 0.0274. The topological polar surface area (TPSA) is 107 Å². The molecule has 3 aromatic heterocycles. The number of aliphatic hydroxyl groups is 1. The number of fused-ring (bicyclic) bond motifs is 1. The van der Waals surface area contributed by atoms with Crippen LogP contribution >= 0.6 is 0 Å². The van der Waals surface area contributed by atoms with Crippen molar-refractivity contribution in [2.75, 3.05) is 6.61 Å². The SMILES string of the molecule is CCC(CC)n1cc(-c2nc(C(C=NC(C)CO)=CN)cn3nccc23)cn1. The van der Waals surface area contributed by atoms with Gasteiger partial charge >= 0.3 is 0 Å². The Morgan fingerprint density at radius 3 is 2.75 bits per heavy atom. The predicted octanol–water partition coefficient (Wildman–Crippen LogP) is 2.71. The van der Waals surface area contributed by atoms with E-state index in [1.54, 1.807) is 16.9 Å². The quantitative estimate of drug-likeness (QED) is 0.584. The first-order valence-corrected chi connectivity index (χ1v) is 9.56. The number of nitrogens with zero attached hydrogens (tertiary/aromatic N) is 6. The van der Waals surface area contributed by atoms with Crippen molar-refractivity contribution < 1.29 is 5.11 Å². The van der Waals surface area contributed by atoms with Crippen LogP contribution in [-0.2, 0) is 0 Å². The highest BCUT2D eigenvalue weighted by atomic mass is 16.3. The third-order valence-electron chi connectivity index (χ3n) is 4.79. The summed E-state index contributed by atoms with van der Waals surface area (Å²) in [4.78, 5) is 9.13. The van der Waals surface area contributed by atoms with Gasteiger partial charge in [0.2, 0.25) is 0 Å². The summed E-state index contributed by atoms with van der Waals surface area (Å²) < 4.78 is 3.78. The molecule has 0 bridgehead atoms. The van der Waals surface area contributed by atoms with Gasteiger partial charge in [0, 0.05) is 29.7 Å². The first kappa shape index (κ1) is 19.8. The predicted molar refractivity (Wildman–Crippen MR) is 111 cm³/mol. The fourth-order valence-corrected chi connectivity index (χ4v) is 3.05. The van der Waals surface area contributed by atoms with Crippen LogP contribution in [0.15, 0.2) is 42.0 Å². The van der Waals surface area contributed by atoms with Gasteiger partial charge in [-0.2, -0.15) is 10.2 Å². The van der Waals surface area contributed by atoms with Crippen molar-refractivity contribution in [1.29, 1.82) is 0 Å². The van der Waals surface area contributed by atoms with E-state index >= 15 is 0 Å². The third kappa shape index (κ3) is 3.96. The molecule has 1 atom stereocenters. The molecule has 0 fully saturated rings. The lowest BCUT2D eigenvalue weighted by Gasteiger charge is -2.12. The number of aromatic nitrogens is 5. The minimum Gasteiger partial charge on any atom is -0.404 e. The van der Waals surface area contributed by atoms with Gasteiger partial charge in [0.15, 0.2) is 0 Å². The summed E-state index contributed by atoms with van der Waals surface area (Å²) in [5.41, 5.74) is 9.74. The molecule has 1 unspecified atom stereocenters. The molecule has 0 radical (unpaired) electrons. The molecule has 0 spiro atoms. The summed E-state index contributed by atoms with van der Waals surface area (Å²) in [6, 6.07) is 2.08. The fraction of sp³-hybridized carbons (Fsp3) is 0.400. The van der Waals surface area contributed by atoms with Crippen molar-refractivity contribution in [3.63, 3.8) is 0 Å². The highest BCUT2D eigenvalue weighted by Crippen LogP contribution is 2.26. The summed E-state index contributed by atoms with van der Waals surface area (Å²) >= 11 is 0. The van der Waals surface area contributed by atoms with E-state index in [2.05, 4.69) is 29.0 Å². The van der Waals surface area contributed by atoms with Crippen molar-refractivity contribution in [1.82, 2.24) is 24.4 Å². The lowest BCUT2D eigenvalue weighted by molar-refractivity contribution is 0.275. The summed E-state index contributed by atoms with van der Waals surface area (Å²) in [7, 11) is 0. The molecule has 0 aliphatic rings. The van der Waals surface area contributed by atoms with Crippen LogP contribution in [0.5, 0.6) is 0 Å². The van der Waals surface area contributed by atoms with Crippen molar-refractivity contribution in [2.24, 2.45) is 10.7 Å². The molecule has 0 saturated heterocycles. The molecule has 0 amide bonds. The van der Waals surface area contributed by atoms with Crippen molar-refractivity contribution in [3.05, 3.63) is 42.7 Å². The van der Waals surface area contributed by atoms with Gasteiger partial charge in [-0.05, 0) is 25.8 Å². The molecule has 3 rings (SSSR count). The van der Waals surface area contributed by atoms with Gasteiger partial charge in [0.25, 0.3) is 0 Å². The maximum atomic E-state index is 9.18. The largest absolute Gasteiger partial charge is 0.404 e. The van der Waals surface area contributed by atoms with E-state index in [1.807, 2.05) is 36.3 Å². The Labute approximate surface area is 164 Å². The average molecular weight is 381 g/mol. The number of aliphatic hydroxyl groups excluding tert-OH is 1. The standard InChI is InChI=1S/C20H27N7O/c1-4-17(5-2)26-11-16(10-24-26)20-19-6-7-23-27(19)12-18(25-20)15(8-21)9-22-14(3)13-28/h6-12,14,17,28H,4-5,13,21H2,1-3H3. The van der Waals surface area contributed by atoms with E-state index in [1.165, 1.54) is 6.20 Å². The zero-order chi connectivity index (χ0) is 20.1. The minimum atomic E-state index is -0.207. The Morgan fingerprint density at radius 2 is 2.07 bits per heavy atom. The number of hydrogen-bond donors (Lipinski definition) is 2. The van der Waals surface area contributed by atoms with Gasteiger partial charge in [-0.15, -0.1) is 0 Å². The second kappa shape index (κ2) is 8.79. The Balaban J connectivity index is 2.06. The van der Waals surface area contributed by atoms with Gasteiger partial charge in [-0.1, -0.05) is 13.8 Å². The lowest BCUT2D eigenvalue weighted by atomic mass is 10.1. The van der Waals surface area contributed by atoms with E-state index in [-0.39, 0.29) is 12.6 Å². The van der Waals surface area contributed by atoms with Crippen LogP contribution in [-0.4, -0.2) is 48.3 Å². The molecule has 0 aliphatic heterocycles. The molecule has 0 saturated carbocycles. The molecule has 3 aromatic rings. The van der Waals surface area contributed by atoms with E-state index < -0.39 is 0 Å². The number of hydrogen-bond acceptors (Lipinski definition) is 6. The van der Waals surface area contributed by atoms with E-state index in [4.69, 9.17) is 10.7 Å². The van der Waals surface area contributed by atoms with Crippen molar-refractivity contribution in [2.45, 2.75) is 45.7 Å². The number of rotatable bonds is 8. The molecule has 3 N–H and O–H groups in total. The first-order chi connectivity index (χ1) is 13.6. The molecule has 0 aliphatic carbocycles. The number of nitrogens with two attached hydrogens (primary N) is 1. The summed E-state index contributed by atoms with van der Waals surface area (Å²) in [5.74, 6) is 0. The van der Waals surface area contributed by atoms with Gasteiger partial charge in [-0.25, -0.2) is 9.50 Å². The smallest absolute Gasteiger partial charge is 0.0999 e. The Kier molecular flexibility index (Phi) is 6.20. The molecule has 0 aromatic carbocycles. The maximum Gasteiger partial charge on any atom is 0.0999 e. The van der Waals surface area contributed by atoms with Gasteiger partial charge in [0.05, 0.1) is 54.2 Å². The third-order valence-corrected chi connectivity index (χ3v) is 4.79. The molecule has 8 nitrogen and oxygen atoms in total. The summed E-state index contributed by atoms with van der Waals surface area (Å²) in [6.45, 7) is 6.12. The fourth-order valence-electron chi connectivity index (χ4n) is 3.05. The number of aliphatic imine (C=N–C) groups is 1. The van der Waals surface area contributed by atoms with Crippen LogP contribution in [0.25, 0.3) is 22.3 Å². The molecule has 8 heteroatoms. The second-order valence-corrected chi connectivity index (χ2v) is 6.75. The van der Waals surface area contributed by atoms with Crippen LogP contribution < -0.4 is 5.73 Å². The Morgan fingerprint density at radius 1 is 1.29 bits per heavy atom. The molecular weight excluding hydrogens is 354 g/mol. The zero-order valence-electron chi connectivity index (χ0n) is 16.5. The van der Waals surface area contributed by atoms with Gasteiger partial charge in [0.1, 0.15) is 0 Å². The van der Waals surface area contributed by atoms with Crippen molar-refractivity contribution in [3.8, 4) is 11.3 Å². The average Bonchev–Trinajstić information content (AvgIpc) is 3.38. The highest BCUT2D eigenvalue weighted by Gasteiger charge is 2.15. The van der Waals surface area contributed by atoms with E-state index in [0.29, 0.717) is 17.3 Å². The highest BCUT2D eigenvalue weighted by molar-refractivity contribution is 6.09. The Hall–Kier alpha value is -3.00. The normalized spacial score (nSPS) is 13.8. The van der Waals surface area contributed by atoms with Crippen LogP contribution in [0.2, 0.25) is 0 Å². The first-order valence-electron chi connectivity index (χ1n) is 9.56. The van der Waals surface area contributed by atoms with E-state index in [9.17, 15) is 5.11 Å². The zero-order valence-corrected chi connectivity index (χ0v) is 16.5. The van der Waals surface area contributed by atoms with Gasteiger partial charge in [-0.3, -0.25) is 9.67 Å². The van der Waals surface area contributed by atoms with Crippen LogP contribution in [0.1, 0.15) is 45.3 Å². The van der Waals surface area contributed by atoms with Crippen LogP contribution in [0, 0.1) is 0 Å². The van der Waals surface area contributed by atoms with Gasteiger partial charge < -0.3 is 10.8 Å². The number of allylic oxidation sites excluding steroid dienone is 1. The molecule has 148 valence electrons. The molecule has 28 heavy (non-hydrogen) atoms. The monoisotopic (exact) mass is 381 g/mol. The Bertz CT molecular complexity index is 982. The summed E-state index contributed by atoms with van der Waals surface area (Å²) in [6.07, 6.45) is 12.6. The van der Waals surface area contributed by atoms with E-state index in [0.717, 1.165) is 29.6 Å². The van der Waals surface area contributed by atoms with Crippen LogP contribution in [0.3, 0.4) is 0 Å². The van der Waals surface area contributed by atoms with Crippen molar-refractivity contribution >= 4 is 17.3 Å². The van der Waals surface area contributed by atoms with Crippen LogP contribution in [0.4, 0.5) is 0 Å². The molecular formula is C20H27N7O. The maximum absolute atomic E-state index is 9.18. The second-order valence-electron chi connectivity index (χ2n) is 6.75.